The first kappa shape index (κ1) is 12.8. The zero-order valence-electron chi connectivity index (χ0n) is 9.18. The summed E-state index contributed by atoms with van der Waals surface area (Å²) in [5.41, 5.74) is 5.90. The van der Waals surface area contributed by atoms with Crippen molar-refractivity contribution >= 4 is 17.7 Å². The molecule has 0 radical (unpaired) electrons. The molecule has 0 aliphatic rings. The van der Waals surface area contributed by atoms with Crippen LogP contribution in [0.5, 0.6) is 0 Å². The molecule has 86 valence electrons. The lowest BCUT2D eigenvalue weighted by Crippen LogP contribution is -2.00. The summed E-state index contributed by atoms with van der Waals surface area (Å²) >= 11 is 1.69. The van der Waals surface area contributed by atoms with E-state index >= 15 is 0 Å². The van der Waals surface area contributed by atoms with Crippen molar-refractivity contribution in [1.29, 1.82) is 0 Å². The maximum atomic E-state index is 11.2. The Balaban J connectivity index is 2.51. The van der Waals surface area contributed by atoms with Gasteiger partial charge in [-0.3, -0.25) is 0 Å². The minimum Gasteiger partial charge on any atom is -0.465 e. The Labute approximate surface area is 99.7 Å². The number of benzene rings is 1. The van der Waals surface area contributed by atoms with Gasteiger partial charge in [0.2, 0.25) is 0 Å². The normalized spacial score (nSPS) is 10.6. The molecule has 0 atom stereocenters. The highest BCUT2D eigenvalue weighted by Gasteiger charge is 2.03. The predicted octanol–water partition coefficient (Wildman–Crippen LogP) is 2.08. The number of carbonyl (C=O) groups excluding carboxylic acids is 1. The highest BCUT2D eigenvalue weighted by molar-refractivity contribution is 7.99. The van der Waals surface area contributed by atoms with Gasteiger partial charge in [0.05, 0.1) is 12.7 Å². The summed E-state index contributed by atoms with van der Waals surface area (Å²) in [4.78, 5) is 12.3. The molecule has 0 unspecified atom stereocenters. The molecule has 3 nitrogen and oxygen atoms in total. The van der Waals surface area contributed by atoms with E-state index in [1.807, 2.05) is 24.3 Å². The van der Waals surface area contributed by atoms with Gasteiger partial charge in [0.1, 0.15) is 0 Å². The summed E-state index contributed by atoms with van der Waals surface area (Å²) in [6, 6.07) is 7.35. The van der Waals surface area contributed by atoms with Gasteiger partial charge in [0.15, 0.2) is 0 Å². The summed E-state index contributed by atoms with van der Waals surface area (Å²) in [5, 5.41) is 0. The van der Waals surface area contributed by atoms with Crippen LogP contribution < -0.4 is 5.73 Å². The Hall–Kier alpha value is -1.26. The van der Waals surface area contributed by atoms with Crippen LogP contribution in [0.25, 0.3) is 0 Å². The van der Waals surface area contributed by atoms with Crippen LogP contribution >= 0.6 is 11.8 Å². The molecule has 0 spiro atoms. The highest BCUT2D eigenvalue weighted by Crippen LogP contribution is 2.18. The lowest BCUT2D eigenvalue weighted by atomic mass is 10.2. The standard InChI is InChI=1S/C12H15NO2S/c1-15-12(14)10-4-6-11(7-5-10)16-9-3-2-8-13/h2-7H,8-9,13H2,1H3/b3-2+. The Morgan fingerprint density at radius 2 is 2.06 bits per heavy atom. The van der Waals surface area contributed by atoms with Crippen molar-refractivity contribution in [2.45, 2.75) is 4.90 Å². The highest BCUT2D eigenvalue weighted by atomic mass is 32.2. The minimum absolute atomic E-state index is 0.306. The largest absolute Gasteiger partial charge is 0.465 e. The van der Waals surface area contributed by atoms with Crippen molar-refractivity contribution in [2.24, 2.45) is 5.73 Å². The zero-order chi connectivity index (χ0) is 11.8. The van der Waals surface area contributed by atoms with Gasteiger partial charge in [-0.15, -0.1) is 11.8 Å². The third kappa shape index (κ3) is 4.08. The Morgan fingerprint density at radius 1 is 1.38 bits per heavy atom. The molecule has 0 aromatic heterocycles. The van der Waals surface area contributed by atoms with Crippen molar-refractivity contribution in [1.82, 2.24) is 0 Å². The molecule has 0 amide bonds. The van der Waals surface area contributed by atoms with E-state index in [4.69, 9.17) is 5.73 Å². The third-order valence-corrected chi connectivity index (χ3v) is 2.89. The monoisotopic (exact) mass is 237 g/mol. The first-order valence-electron chi connectivity index (χ1n) is 4.94. The van der Waals surface area contributed by atoms with Gasteiger partial charge in [-0.1, -0.05) is 12.2 Å². The van der Waals surface area contributed by atoms with E-state index in [-0.39, 0.29) is 5.97 Å². The molecule has 16 heavy (non-hydrogen) atoms. The maximum Gasteiger partial charge on any atom is 0.337 e. The Morgan fingerprint density at radius 3 is 2.62 bits per heavy atom. The van der Waals surface area contributed by atoms with Crippen LogP contribution in [0, 0.1) is 0 Å². The van der Waals surface area contributed by atoms with Crippen molar-refractivity contribution in [3.63, 3.8) is 0 Å². The molecule has 0 saturated heterocycles. The van der Waals surface area contributed by atoms with Gasteiger partial charge in [-0.25, -0.2) is 4.79 Å². The average Bonchev–Trinajstić information content (AvgIpc) is 2.34. The summed E-state index contributed by atoms with van der Waals surface area (Å²) in [5.74, 6) is 0.578. The smallest absolute Gasteiger partial charge is 0.337 e. The van der Waals surface area contributed by atoms with E-state index in [0.717, 1.165) is 10.6 Å². The molecule has 0 fully saturated rings. The van der Waals surface area contributed by atoms with Crippen LogP contribution in [-0.2, 0) is 4.74 Å². The van der Waals surface area contributed by atoms with Crippen LogP contribution in [0.1, 0.15) is 10.4 Å². The molecule has 1 aromatic rings. The number of carbonyl (C=O) groups is 1. The summed E-state index contributed by atoms with van der Waals surface area (Å²) < 4.78 is 4.62. The summed E-state index contributed by atoms with van der Waals surface area (Å²) in [6.07, 6.45) is 3.95. The number of rotatable bonds is 5. The van der Waals surface area contributed by atoms with E-state index in [0.29, 0.717) is 12.1 Å². The maximum absolute atomic E-state index is 11.2. The topological polar surface area (TPSA) is 52.3 Å². The molecule has 0 aliphatic heterocycles. The van der Waals surface area contributed by atoms with Gasteiger partial charge in [-0.05, 0) is 24.3 Å². The molecule has 0 bridgehead atoms. The van der Waals surface area contributed by atoms with Crippen molar-refractivity contribution in [3.05, 3.63) is 42.0 Å². The third-order valence-electron chi connectivity index (χ3n) is 1.92. The number of hydrogen-bond acceptors (Lipinski definition) is 4. The summed E-state index contributed by atoms with van der Waals surface area (Å²) in [7, 11) is 1.38. The number of ether oxygens (including phenoxy) is 1. The fraction of sp³-hybridized carbons (Fsp3) is 0.250. The van der Waals surface area contributed by atoms with E-state index in [1.165, 1.54) is 7.11 Å². The van der Waals surface area contributed by atoms with E-state index in [9.17, 15) is 4.79 Å². The lowest BCUT2D eigenvalue weighted by molar-refractivity contribution is 0.0600. The Kier molecular flexibility index (Phi) is 5.67. The second-order valence-corrected chi connectivity index (χ2v) is 4.13. The van der Waals surface area contributed by atoms with Gasteiger partial charge >= 0.3 is 5.97 Å². The van der Waals surface area contributed by atoms with Gasteiger partial charge < -0.3 is 10.5 Å². The fourth-order valence-corrected chi connectivity index (χ4v) is 1.87. The molecule has 0 aliphatic carbocycles. The molecule has 2 N–H and O–H groups in total. The first-order chi connectivity index (χ1) is 7.77. The predicted molar refractivity (Wildman–Crippen MR) is 66.7 cm³/mol. The molecular formula is C12H15NO2S. The van der Waals surface area contributed by atoms with Gasteiger partial charge in [0, 0.05) is 17.2 Å². The van der Waals surface area contributed by atoms with E-state index < -0.39 is 0 Å². The number of thioether (sulfide) groups is 1. The van der Waals surface area contributed by atoms with Crippen LogP contribution in [0.15, 0.2) is 41.3 Å². The number of nitrogens with two attached hydrogens (primary N) is 1. The van der Waals surface area contributed by atoms with Crippen molar-refractivity contribution in [2.75, 3.05) is 19.4 Å². The van der Waals surface area contributed by atoms with Crippen LogP contribution in [0.4, 0.5) is 0 Å². The quantitative estimate of drug-likeness (QED) is 0.484. The van der Waals surface area contributed by atoms with Crippen LogP contribution in [-0.4, -0.2) is 25.4 Å². The molecule has 1 aromatic carbocycles. The second-order valence-electron chi connectivity index (χ2n) is 3.03. The van der Waals surface area contributed by atoms with Crippen molar-refractivity contribution < 1.29 is 9.53 Å². The second kappa shape index (κ2) is 7.09. The minimum atomic E-state index is -0.306. The average molecular weight is 237 g/mol. The molecule has 4 heteroatoms. The molecular weight excluding hydrogens is 222 g/mol. The fourth-order valence-electron chi connectivity index (χ4n) is 1.11. The molecule has 1 rings (SSSR count). The zero-order valence-corrected chi connectivity index (χ0v) is 10.00. The van der Waals surface area contributed by atoms with Crippen molar-refractivity contribution in [3.8, 4) is 0 Å². The number of esters is 1. The summed E-state index contributed by atoms with van der Waals surface area (Å²) in [6.45, 7) is 0.571. The van der Waals surface area contributed by atoms with Gasteiger partial charge in [-0.2, -0.15) is 0 Å². The Bertz CT molecular complexity index is 360. The molecule has 0 heterocycles. The number of methoxy groups -OCH3 is 1. The van der Waals surface area contributed by atoms with E-state index in [1.54, 1.807) is 23.9 Å². The number of hydrogen-bond donors (Lipinski definition) is 1. The van der Waals surface area contributed by atoms with Crippen LogP contribution in [0.2, 0.25) is 0 Å². The molecule has 0 saturated carbocycles. The SMILES string of the molecule is COC(=O)c1ccc(SC/C=C/CN)cc1. The first-order valence-corrected chi connectivity index (χ1v) is 5.92. The van der Waals surface area contributed by atoms with E-state index in [2.05, 4.69) is 4.74 Å². The lowest BCUT2D eigenvalue weighted by Gasteiger charge is -2.01. The van der Waals surface area contributed by atoms with Crippen LogP contribution in [0.3, 0.4) is 0 Å². The van der Waals surface area contributed by atoms with Gasteiger partial charge in [0.25, 0.3) is 0 Å².